The van der Waals surface area contributed by atoms with Crippen molar-refractivity contribution in [3.63, 3.8) is 0 Å². The standard InChI is InChI=1S/C15H24N2O2/c1-3-18-14-6-4-5-7-15(14)19-11-10-17-9-8-16-12-13(17)2/h4-7,13,16H,3,8-12H2,1-2H3/t13-/m1/s1. The van der Waals surface area contributed by atoms with Crippen molar-refractivity contribution in [2.75, 3.05) is 39.4 Å². The molecule has 0 bridgehead atoms. The molecule has 4 nitrogen and oxygen atoms in total. The van der Waals surface area contributed by atoms with Crippen LogP contribution in [-0.2, 0) is 0 Å². The lowest BCUT2D eigenvalue weighted by molar-refractivity contribution is 0.141. The summed E-state index contributed by atoms with van der Waals surface area (Å²) in [5.74, 6) is 1.67. The van der Waals surface area contributed by atoms with Gasteiger partial charge in [-0.05, 0) is 26.0 Å². The number of nitrogens with one attached hydrogen (secondary N) is 1. The van der Waals surface area contributed by atoms with Gasteiger partial charge in [-0.15, -0.1) is 0 Å². The molecule has 1 saturated heterocycles. The van der Waals surface area contributed by atoms with Gasteiger partial charge in [0.15, 0.2) is 11.5 Å². The van der Waals surface area contributed by atoms with Crippen LogP contribution in [-0.4, -0.2) is 50.3 Å². The van der Waals surface area contributed by atoms with E-state index in [2.05, 4.69) is 17.1 Å². The van der Waals surface area contributed by atoms with Crippen molar-refractivity contribution in [1.82, 2.24) is 10.2 Å². The Labute approximate surface area is 115 Å². The fourth-order valence-electron chi connectivity index (χ4n) is 2.33. The van der Waals surface area contributed by atoms with Crippen LogP contribution < -0.4 is 14.8 Å². The van der Waals surface area contributed by atoms with E-state index in [1.807, 2.05) is 31.2 Å². The van der Waals surface area contributed by atoms with Gasteiger partial charge in [-0.1, -0.05) is 12.1 Å². The summed E-state index contributed by atoms with van der Waals surface area (Å²) in [5.41, 5.74) is 0. The van der Waals surface area contributed by atoms with Crippen LogP contribution in [0, 0.1) is 0 Å². The van der Waals surface area contributed by atoms with Crippen LogP contribution in [0.2, 0.25) is 0 Å². The molecule has 1 heterocycles. The third-order valence-corrected chi connectivity index (χ3v) is 3.42. The maximum atomic E-state index is 5.85. The van der Waals surface area contributed by atoms with Crippen molar-refractivity contribution < 1.29 is 9.47 Å². The first kappa shape index (κ1) is 14.2. The average Bonchev–Trinajstić information content (AvgIpc) is 2.43. The van der Waals surface area contributed by atoms with Crippen molar-refractivity contribution in [1.29, 1.82) is 0 Å². The molecule has 19 heavy (non-hydrogen) atoms. The van der Waals surface area contributed by atoms with Crippen molar-refractivity contribution in [2.45, 2.75) is 19.9 Å². The number of ether oxygens (including phenoxy) is 2. The number of hydrogen-bond acceptors (Lipinski definition) is 4. The van der Waals surface area contributed by atoms with Crippen molar-refractivity contribution in [2.24, 2.45) is 0 Å². The maximum absolute atomic E-state index is 5.85. The Balaban J connectivity index is 1.81. The fourth-order valence-corrected chi connectivity index (χ4v) is 2.33. The predicted molar refractivity (Wildman–Crippen MR) is 77.0 cm³/mol. The summed E-state index contributed by atoms with van der Waals surface area (Å²) in [7, 11) is 0. The van der Waals surface area contributed by atoms with Gasteiger partial charge in [-0.2, -0.15) is 0 Å². The van der Waals surface area contributed by atoms with Gasteiger partial charge in [-0.25, -0.2) is 0 Å². The molecule has 1 aliphatic rings. The first-order valence-electron chi connectivity index (χ1n) is 7.10. The van der Waals surface area contributed by atoms with Gasteiger partial charge >= 0.3 is 0 Å². The molecule has 2 rings (SSSR count). The molecule has 0 spiro atoms. The number of nitrogens with zero attached hydrogens (tertiary/aromatic N) is 1. The van der Waals surface area contributed by atoms with E-state index in [1.165, 1.54) is 0 Å². The summed E-state index contributed by atoms with van der Waals surface area (Å²) in [6.45, 7) is 9.79. The smallest absolute Gasteiger partial charge is 0.161 e. The van der Waals surface area contributed by atoms with E-state index in [0.717, 1.165) is 37.7 Å². The van der Waals surface area contributed by atoms with Gasteiger partial charge < -0.3 is 14.8 Å². The molecular weight excluding hydrogens is 240 g/mol. The Morgan fingerprint density at radius 3 is 2.68 bits per heavy atom. The highest BCUT2D eigenvalue weighted by Gasteiger charge is 2.17. The molecule has 1 aromatic carbocycles. The molecular formula is C15H24N2O2. The second kappa shape index (κ2) is 7.36. The average molecular weight is 264 g/mol. The topological polar surface area (TPSA) is 33.7 Å². The minimum absolute atomic E-state index is 0.583. The molecule has 0 radical (unpaired) electrons. The molecule has 0 amide bonds. The van der Waals surface area contributed by atoms with E-state index in [1.54, 1.807) is 0 Å². The first-order chi connectivity index (χ1) is 9.31. The quantitative estimate of drug-likeness (QED) is 0.849. The van der Waals surface area contributed by atoms with Crippen LogP contribution in [0.15, 0.2) is 24.3 Å². The summed E-state index contributed by atoms with van der Waals surface area (Å²) in [6, 6.07) is 8.44. The molecule has 1 aromatic rings. The molecule has 0 unspecified atom stereocenters. The zero-order valence-electron chi connectivity index (χ0n) is 11.9. The van der Waals surface area contributed by atoms with Gasteiger partial charge in [-0.3, -0.25) is 4.90 Å². The monoisotopic (exact) mass is 264 g/mol. The second-order valence-corrected chi connectivity index (χ2v) is 4.82. The molecule has 1 aliphatic heterocycles. The normalized spacial score (nSPS) is 20.2. The van der Waals surface area contributed by atoms with Gasteiger partial charge in [0.2, 0.25) is 0 Å². The molecule has 106 valence electrons. The van der Waals surface area contributed by atoms with Crippen molar-refractivity contribution >= 4 is 0 Å². The molecule has 1 N–H and O–H groups in total. The third-order valence-electron chi connectivity index (χ3n) is 3.42. The van der Waals surface area contributed by atoms with Crippen LogP contribution in [0.25, 0.3) is 0 Å². The first-order valence-corrected chi connectivity index (χ1v) is 7.10. The van der Waals surface area contributed by atoms with Crippen LogP contribution in [0.4, 0.5) is 0 Å². The number of hydrogen-bond donors (Lipinski definition) is 1. The number of para-hydroxylation sites is 2. The zero-order valence-corrected chi connectivity index (χ0v) is 11.9. The van der Waals surface area contributed by atoms with E-state index in [0.29, 0.717) is 19.3 Å². The highest BCUT2D eigenvalue weighted by molar-refractivity contribution is 5.39. The highest BCUT2D eigenvalue weighted by atomic mass is 16.5. The molecule has 1 atom stereocenters. The predicted octanol–water partition coefficient (Wildman–Crippen LogP) is 1.76. The van der Waals surface area contributed by atoms with Gasteiger partial charge in [0, 0.05) is 32.2 Å². The Bertz CT molecular complexity index is 384. The Morgan fingerprint density at radius 2 is 2.00 bits per heavy atom. The van der Waals surface area contributed by atoms with E-state index >= 15 is 0 Å². The van der Waals surface area contributed by atoms with Crippen LogP contribution in [0.5, 0.6) is 11.5 Å². The lowest BCUT2D eigenvalue weighted by atomic mass is 10.2. The summed E-state index contributed by atoms with van der Waals surface area (Å²) < 4.78 is 11.4. The van der Waals surface area contributed by atoms with Gasteiger partial charge in [0.05, 0.1) is 6.61 Å². The van der Waals surface area contributed by atoms with Crippen LogP contribution in [0.1, 0.15) is 13.8 Å². The number of rotatable bonds is 6. The summed E-state index contributed by atoms with van der Waals surface area (Å²) in [5, 5.41) is 3.40. The number of benzene rings is 1. The Morgan fingerprint density at radius 1 is 1.26 bits per heavy atom. The van der Waals surface area contributed by atoms with Gasteiger partial charge in [0.25, 0.3) is 0 Å². The van der Waals surface area contributed by atoms with Crippen LogP contribution >= 0.6 is 0 Å². The SMILES string of the molecule is CCOc1ccccc1OCCN1CCNC[C@H]1C. The largest absolute Gasteiger partial charge is 0.490 e. The third kappa shape index (κ3) is 4.11. The maximum Gasteiger partial charge on any atom is 0.161 e. The zero-order chi connectivity index (χ0) is 13.5. The summed E-state index contributed by atoms with van der Waals surface area (Å²) in [6.07, 6.45) is 0. The van der Waals surface area contributed by atoms with Crippen LogP contribution in [0.3, 0.4) is 0 Å². The van der Waals surface area contributed by atoms with E-state index in [-0.39, 0.29) is 0 Å². The summed E-state index contributed by atoms with van der Waals surface area (Å²) >= 11 is 0. The van der Waals surface area contributed by atoms with Crippen molar-refractivity contribution in [3.05, 3.63) is 24.3 Å². The molecule has 0 saturated carbocycles. The lowest BCUT2D eigenvalue weighted by Crippen LogP contribution is -2.50. The van der Waals surface area contributed by atoms with Gasteiger partial charge in [0.1, 0.15) is 6.61 Å². The second-order valence-electron chi connectivity index (χ2n) is 4.82. The summed E-state index contributed by atoms with van der Waals surface area (Å²) in [4.78, 5) is 2.46. The minimum atomic E-state index is 0.583. The molecule has 0 aliphatic carbocycles. The van der Waals surface area contributed by atoms with E-state index < -0.39 is 0 Å². The van der Waals surface area contributed by atoms with Crippen molar-refractivity contribution in [3.8, 4) is 11.5 Å². The Hall–Kier alpha value is -1.26. The van der Waals surface area contributed by atoms with E-state index in [9.17, 15) is 0 Å². The lowest BCUT2D eigenvalue weighted by Gasteiger charge is -2.33. The molecule has 1 fully saturated rings. The highest BCUT2D eigenvalue weighted by Crippen LogP contribution is 2.26. The Kier molecular flexibility index (Phi) is 5.48. The molecule has 0 aromatic heterocycles. The molecule has 4 heteroatoms. The number of piperazine rings is 1. The minimum Gasteiger partial charge on any atom is -0.490 e. The van der Waals surface area contributed by atoms with E-state index in [4.69, 9.17) is 9.47 Å². The fraction of sp³-hybridized carbons (Fsp3) is 0.600.